The summed E-state index contributed by atoms with van der Waals surface area (Å²) in [4.78, 5) is 7.93. The normalized spacial score (nSPS) is 16.7. The largest absolute Gasteiger partial charge is 0.227 e. The van der Waals surface area contributed by atoms with Gasteiger partial charge in [0.05, 0.1) is 5.69 Å². The van der Waals surface area contributed by atoms with Crippen LogP contribution in [0.1, 0.15) is 24.5 Å². The highest BCUT2D eigenvalue weighted by atomic mass is 35.5. The lowest BCUT2D eigenvalue weighted by molar-refractivity contribution is 0.852. The van der Waals surface area contributed by atoms with Crippen molar-refractivity contribution < 1.29 is 0 Å². The number of rotatable bonds is 1. The van der Waals surface area contributed by atoms with Crippen LogP contribution in [0.5, 0.6) is 0 Å². The molecule has 1 aliphatic carbocycles. The first-order valence-corrected chi connectivity index (χ1v) is 4.58. The van der Waals surface area contributed by atoms with Gasteiger partial charge in [-0.15, -0.1) is 0 Å². The van der Waals surface area contributed by atoms with E-state index >= 15 is 0 Å². The van der Waals surface area contributed by atoms with Crippen molar-refractivity contribution in [3.05, 3.63) is 23.4 Å². The van der Waals surface area contributed by atoms with Gasteiger partial charge in [-0.1, -0.05) is 0 Å². The maximum atomic E-state index is 5.84. The molecule has 4 nitrogen and oxygen atoms in total. The van der Waals surface area contributed by atoms with Gasteiger partial charge in [-0.25, -0.2) is 9.97 Å². The molecule has 2 aromatic rings. The zero-order chi connectivity index (χ0) is 8.84. The molecule has 0 radical (unpaired) electrons. The zero-order valence-electron chi connectivity index (χ0n) is 6.81. The molecule has 1 saturated carbocycles. The zero-order valence-corrected chi connectivity index (χ0v) is 7.57. The van der Waals surface area contributed by atoms with Gasteiger partial charge < -0.3 is 0 Å². The molecule has 3 rings (SSSR count). The van der Waals surface area contributed by atoms with E-state index in [0.717, 1.165) is 11.3 Å². The first-order chi connectivity index (χ1) is 6.34. The van der Waals surface area contributed by atoms with Gasteiger partial charge in [-0.2, -0.15) is 9.61 Å². The standard InChI is InChI=1S/C8H7ClN4/c9-8-11-4-10-7-3-6(5-1-2-5)12-13(7)8/h3-5H,1-2H2. The van der Waals surface area contributed by atoms with E-state index in [-0.39, 0.29) is 0 Å². The molecule has 2 heterocycles. The summed E-state index contributed by atoms with van der Waals surface area (Å²) >= 11 is 5.84. The van der Waals surface area contributed by atoms with Crippen molar-refractivity contribution in [2.75, 3.05) is 0 Å². The third kappa shape index (κ3) is 1.09. The molecular formula is C8H7ClN4. The third-order valence-corrected chi connectivity index (χ3v) is 2.49. The van der Waals surface area contributed by atoms with Crippen LogP contribution in [0.15, 0.2) is 12.4 Å². The summed E-state index contributed by atoms with van der Waals surface area (Å²) in [6, 6.07) is 1.98. The first kappa shape index (κ1) is 7.26. The van der Waals surface area contributed by atoms with Crippen LogP contribution < -0.4 is 0 Å². The van der Waals surface area contributed by atoms with Crippen molar-refractivity contribution in [1.29, 1.82) is 0 Å². The highest BCUT2D eigenvalue weighted by Crippen LogP contribution is 2.39. The number of hydrogen-bond donors (Lipinski definition) is 0. The maximum absolute atomic E-state index is 5.84. The smallest absolute Gasteiger partial charge is 0.217 e. The molecule has 0 N–H and O–H groups in total. The Hall–Kier alpha value is -1.16. The second-order valence-electron chi connectivity index (χ2n) is 3.26. The van der Waals surface area contributed by atoms with Gasteiger partial charge >= 0.3 is 0 Å². The van der Waals surface area contributed by atoms with Gasteiger partial charge in [-0.3, -0.25) is 0 Å². The van der Waals surface area contributed by atoms with Crippen LogP contribution in [0.3, 0.4) is 0 Å². The number of halogens is 1. The molecule has 0 atom stereocenters. The van der Waals surface area contributed by atoms with Crippen molar-refractivity contribution in [1.82, 2.24) is 19.6 Å². The second kappa shape index (κ2) is 2.42. The Morgan fingerprint density at radius 2 is 2.23 bits per heavy atom. The van der Waals surface area contributed by atoms with Gasteiger partial charge in [0.2, 0.25) is 5.28 Å². The van der Waals surface area contributed by atoms with E-state index in [4.69, 9.17) is 11.6 Å². The summed E-state index contributed by atoms with van der Waals surface area (Å²) in [5.41, 5.74) is 1.87. The molecule has 0 bridgehead atoms. The molecule has 1 fully saturated rings. The third-order valence-electron chi connectivity index (χ3n) is 2.23. The van der Waals surface area contributed by atoms with E-state index in [1.807, 2.05) is 6.07 Å². The molecule has 66 valence electrons. The average molecular weight is 195 g/mol. The molecular weight excluding hydrogens is 188 g/mol. The average Bonchev–Trinajstić information content (AvgIpc) is 2.87. The SMILES string of the molecule is Clc1ncnc2cc(C3CC3)nn12. The van der Waals surface area contributed by atoms with Crippen LogP contribution in [0.25, 0.3) is 5.65 Å². The highest BCUT2D eigenvalue weighted by molar-refractivity contribution is 6.28. The van der Waals surface area contributed by atoms with E-state index in [9.17, 15) is 0 Å². The summed E-state index contributed by atoms with van der Waals surface area (Å²) < 4.78 is 1.58. The molecule has 5 heteroatoms. The fraction of sp³-hybridized carbons (Fsp3) is 0.375. The number of nitrogens with zero attached hydrogens (tertiary/aromatic N) is 4. The fourth-order valence-corrected chi connectivity index (χ4v) is 1.55. The monoisotopic (exact) mass is 194 g/mol. The predicted octanol–water partition coefficient (Wildman–Crippen LogP) is 1.66. The predicted molar refractivity (Wildman–Crippen MR) is 47.8 cm³/mol. The van der Waals surface area contributed by atoms with Gasteiger partial charge in [0.25, 0.3) is 0 Å². The van der Waals surface area contributed by atoms with Crippen LogP contribution >= 0.6 is 11.6 Å². The molecule has 0 amide bonds. The van der Waals surface area contributed by atoms with Gasteiger partial charge in [-0.05, 0) is 24.4 Å². The minimum Gasteiger partial charge on any atom is -0.217 e. The molecule has 1 aliphatic rings. The quantitative estimate of drug-likeness (QED) is 0.694. The Balaban J connectivity index is 2.26. The van der Waals surface area contributed by atoms with Crippen molar-refractivity contribution in [3.63, 3.8) is 0 Å². The summed E-state index contributed by atoms with van der Waals surface area (Å²) in [6.07, 6.45) is 3.92. The maximum Gasteiger partial charge on any atom is 0.227 e. The molecule has 0 aliphatic heterocycles. The molecule has 0 saturated heterocycles. The van der Waals surface area contributed by atoms with Gasteiger partial charge in [0.15, 0.2) is 5.65 Å². The summed E-state index contributed by atoms with van der Waals surface area (Å²) in [5.74, 6) is 0.623. The molecule has 0 spiro atoms. The first-order valence-electron chi connectivity index (χ1n) is 4.21. The Bertz CT molecular complexity index is 460. The Kier molecular flexibility index (Phi) is 1.35. The Morgan fingerprint density at radius 1 is 1.38 bits per heavy atom. The van der Waals surface area contributed by atoms with Crippen LogP contribution in [0, 0.1) is 0 Å². The number of hydrogen-bond acceptors (Lipinski definition) is 3. The van der Waals surface area contributed by atoms with Crippen molar-refractivity contribution in [2.24, 2.45) is 0 Å². The van der Waals surface area contributed by atoms with Gasteiger partial charge in [0.1, 0.15) is 6.33 Å². The summed E-state index contributed by atoms with van der Waals surface area (Å²) in [5, 5.41) is 4.71. The van der Waals surface area contributed by atoms with E-state index in [1.54, 1.807) is 4.52 Å². The van der Waals surface area contributed by atoms with Crippen LogP contribution in [0.4, 0.5) is 0 Å². The lowest BCUT2D eigenvalue weighted by Crippen LogP contribution is -1.94. The minimum absolute atomic E-state index is 0.372. The van der Waals surface area contributed by atoms with E-state index in [0.29, 0.717) is 11.2 Å². The molecule has 2 aromatic heterocycles. The van der Waals surface area contributed by atoms with Crippen LogP contribution in [0.2, 0.25) is 5.28 Å². The molecule has 0 aromatic carbocycles. The minimum atomic E-state index is 0.372. The summed E-state index contributed by atoms with van der Waals surface area (Å²) in [6.45, 7) is 0. The van der Waals surface area contributed by atoms with E-state index < -0.39 is 0 Å². The van der Waals surface area contributed by atoms with Crippen molar-refractivity contribution in [3.8, 4) is 0 Å². The van der Waals surface area contributed by atoms with E-state index in [2.05, 4.69) is 15.1 Å². The van der Waals surface area contributed by atoms with E-state index in [1.165, 1.54) is 19.2 Å². The number of fused-ring (bicyclic) bond motifs is 1. The Labute approximate surface area is 79.6 Å². The number of aromatic nitrogens is 4. The molecule has 0 unspecified atom stereocenters. The van der Waals surface area contributed by atoms with Crippen molar-refractivity contribution in [2.45, 2.75) is 18.8 Å². The Morgan fingerprint density at radius 3 is 2.92 bits per heavy atom. The van der Waals surface area contributed by atoms with Gasteiger partial charge in [0, 0.05) is 12.0 Å². The lowest BCUT2D eigenvalue weighted by atomic mass is 10.3. The highest BCUT2D eigenvalue weighted by Gasteiger charge is 2.26. The lowest BCUT2D eigenvalue weighted by Gasteiger charge is -1.91. The summed E-state index contributed by atoms with van der Waals surface area (Å²) in [7, 11) is 0. The second-order valence-corrected chi connectivity index (χ2v) is 3.59. The van der Waals surface area contributed by atoms with Crippen LogP contribution in [-0.2, 0) is 0 Å². The fourth-order valence-electron chi connectivity index (χ4n) is 1.39. The van der Waals surface area contributed by atoms with Crippen molar-refractivity contribution >= 4 is 17.2 Å². The molecule has 13 heavy (non-hydrogen) atoms. The van der Waals surface area contributed by atoms with Crippen LogP contribution in [-0.4, -0.2) is 19.6 Å². The topological polar surface area (TPSA) is 43.1 Å².